The van der Waals surface area contributed by atoms with Gasteiger partial charge in [0.15, 0.2) is 6.10 Å². The highest BCUT2D eigenvalue weighted by atomic mass is 32.1. The van der Waals surface area contributed by atoms with Gasteiger partial charge in [-0.3, -0.25) is 0 Å². The van der Waals surface area contributed by atoms with E-state index in [1.165, 1.54) is 4.88 Å². The van der Waals surface area contributed by atoms with Gasteiger partial charge in [-0.2, -0.15) is 0 Å². The van der Waals surface area contributed by atoms with Crippen LogP contribution in [0, 0.1) is 6.92 Å². The van der Waals surface area contributed by atoms with Gasteiger partial charge in [0.25, 0.3) is 0 Å². The Morgan fingerprint density at radius 1 is 1.03 bits per heavy atom. The van der Waals surface area contributed by atoms with Crippen LogP contribution in [0.1, 0.15) is 23.1 Å². The fourth-order valence-corrected chi connectivity index (χ4v) is 4.84. The van der Waals surface area contributed by atoms with Crippen LogP contribution in [0.25, 0.3) is 21.3 Å². The van der Waals surface area contributed by atoms with Crippen LogP contribution < -0.4 is 4.74 Å². The van der Waals surface area contributed by atoms with Gasteiger partial charge < -0.3 is 14.6 Å². The first kappa shape index (κ1) is 23.0. The molecule has 1 aromatic heterocycles. The smallest absolute Gasteiger partial charge is 0.333 e. The minimum absolute atomic E-state index is 0.310. The predicted molar refractivity (Wildman–Crippen MR) is 132 cm³/mol. The summed E-state index contributed by atoms with van der Waals surface area (Å²) in [6.45, 7) is 4.77. The lowest BCUT2D eigenvalue weighted by molar-refractivity contribution is -0.149. The molecule has 3 aromatic carbocycles. The van der Waals surface area contributed by atoms with Crippen LogP contribution in [-0.2, 0) is 22.4 Å². The summed E-state index contributed by atoms with van der Waals surface area (Å²) in [5.41, 5.74) is 3.12. The Hall–Kier alpha value is -3.22. The molecule has 0 aliphatic rings. The van der Waals surface area contributed by atoms with E-state index in [0.717, 1.165) is 44.8 Å². The number of nitrogens with zero attached hydrogens (tertiary/aromatic N) is 1. The molecule has 4 aromatic rings. The van der Waals surface area contributed by atoms with Gasteiger partial charge in [0.05, 0.1) is 12.3 Å². The van der Waals surface area contributed by atoms with E-state index in [0.29, 0.717) is 19.6 Å². The summed E-state index contributed by atoms with van der Waals surface area (Å²) in [6.07, 6.45) is 0.164. The molecule has 0 bridgehead atoms. The van der Waals surface area contributed by atoms with E-state index in [9.17, 15) is 9.90 Å². The summed E-state index contributed by atoms with van der Waals surface area (Å²) in [7, 11) is 0. The minimum atomic E-state index is -0.949. The monoisotopic (exact) mass is 461 g/mol. The summed E-state index contributed by atoms with van der Waals surface area (Å²) >= 11 is 1.70. The van der Waals surface area contributed by atoms with Crippen molar-refractivity contribution in [3.05, 3.63) is 82.9 Å². The molecule has 4 rings (SSSR count). The van der Waals surface area contributed by atoms with E-state index in [2.05, 4.69) is 19.1 Å². The van der Waals surface area contributed by atoms with Gasteiger partial charge >= 0.3 is 5.97 Å². The summed E-state index contributed by atoms with van der Waals surface area (Å²) in [4.78, 5) is 17.6. The molecular formula is C27H27NO4S. The number of rotatable bonds is 10. The summed E-state index contributed by atoms with van der Waals surface area (Å²) in [5, 5.41) is 12.4. The standard InChI is InChI=1S/C27H27NO4S/c1-3-31-25(27(29)30)17-20-13-14-24(22-12-8-7-11-21(20)22)32-16-15-23-18(2)33-26(28-23)19-9-5-4-6-10-19/h4-14,25H,3,15-17H2,1-2H3,(H,29,30). The van der Waals surface area contributed by atoms with Gasteiger partial charge in [-0.25, -0.2) is 9.78 Å². The second-order valence-corrected chi connectivity index (χ2v) is 8.94. The normalized spacial score (nSPS) is 12.1. The lowest BCUT2D eigenvalue weighted by Crippen LogP contribution is -2.26. The van der Waals surface area contributed by atoms with E-state index in [-0.39, 0.29) is 0 Å². The molecule has 1 unspecified atom stereocenters. The number of hydrogen-bond acceptors (Lipinski definition) is 5. The Balaban J connectivity index is 1.49. The molecular weight excluding hydrogens is 434 g/mol. The quantitative estimate of drug-likeness (QED) is 0.317. The molecule has 0 amide bonds. The largest absolute Gasteiger partial charge is 0.493 e. The third kappa shape index (κ3) is 5.41. The fourth-order valence-electron chi connectivity index (χ4n) is 3.88. The van der Waals surface area contributed by atoms with Gasteiger partial charge in [-0.1, -0.05) is 60.7 Å². The first-order chi connectivity index (χ1) is 16.1. The van der Waals surface area contributed by atoms with Crippen molar-refractivity contribution in [3.8, 4) is 16.3 Å². The summed E-state index contributed by atoms with van der Waals surface area (Å²) in [5.74, 6) is -0.163. The van der Waals surface area contributed by atoms with Crippen LogP contribution in [0.5, 0.6) is 5.75 Å². The Kier molecular flexibility index (Phi) is 7.37. The maximum absolute atomic E-state index is 11.5. The Morgan fingerprint density at radius 2 is 1.76 bits per heavy atom. The lowest BCUT2D eigenvalue weighted by atomic mass is 9.99. The molecule has 33 heavy (non-hydrogen) atoms. The number of hydrogen-bond donors (Lipinski definition) is 1. The third-order valence-electron chi connectivity index (χ3n) is 5.53. The maximum atomic E-state index is 11.5. The molecule has 6 heteroatoms. The topological polar surface area (TPSA) is 68.7 Å². The number of ether oxygens (including phenoxy) is 2. The molecule has 1 N–H and O–H groups in total. The number of carboxylic acids is 1. The fraction of sp³-hybridized carbons (Fsp3) is 0.259. The first-order valence-electron chi connectivity index (χ1n) is 11.1. The third-order valence-corrected chi connectivity index (χ3v) is 6.59. The second kappa shape index (κ2) is 10.6. The Morgan fingerprint density at radius 3 is 2.48 bits per heavy atom. The number of aromatic nitrogens is 1. The van der Waals surface area contributed by atoms with Gasteiger partial charge in [0, 0.05) is 35.3 Å². The average molecular weight is 462 g/mol. The van der Waals surface area contributed by atoms with E-state index in [1.807, 2.05) is 54.6 Å². The molecule has 0 saturated carbocycles. The van der Waals surface area contributed by atoms with Crippen molar-refractivity contribution >= 4 is 28.1 Å². The predicted octanol–water partition coefficient (Wildman–Crippen LogP) is 5.93. The summed E-state index contributed by atoms with van der Waals surface area (Å²) in [6, 6.07) is 22.0. The number of thiazole rings is 1. The van der Waals surface area contributed by atoms with Crippen LogP contribution in [0.15, 0.2) is 66.7 Å². The number of aliphatic carboxylic acids is 1. The van der Waals surface area contributed by atoms with Crippen molar-refractivity contribution in [2.24, 2.45) is 0 Å². The summed E-state index contributed by atoms with van der Waals surface area (Å²) < 4.78 is 11.6. The molecule has 0 aliphatic heterocycles. The number of aryl methyl sites for hydroxylation is 1. The second-order valence-electron chi connectivity index (χ2n) is 7.74. The molecule has 0 radical (unpaired) electrons. The molecule has 1 atom stereocenters. The van der Waals surface area contributed by atoms with Crippen LogP contribution in [0.4, 0.5) is 0 Å². The van der Waals surface area contributed by atoms with Crippen LogP contribution in [0.3, 0.4) is 0 Å². The lowest BCUT2D eigenvalue weighted by Gasteiger charge is -2.16. The molecule has 0 fully saturated rings. The minimum Gasteiger partial charge on any atom is -0.493 e. The number of fused-ring (bicyclic) bond motifs is 1. The van der Waals surface area contributed by atoms with Crippen LogP contribution >= 0.6 is 11.3 Å². The first-order valence-corrected chi connectivity index (χ1v) is 11.9. The zero-order valence-corrected chi connectivity index (χ0v) is 19.6. The molecule has 170 valence electrons. The number of carbonyl (C=O) groups is 1. The molecule has 1 heterocycles. The van der Waals surface area contributed by atoms with E-state index in [4.69, 9.17) is 14.5 Å². The van der Waals surface area contributed by atoms with Crippen LogP contribution in [0.2, 0.25) is 0 Å². The average Bonchev–Trinajstić information content (AvgIpc) is 3.21. The number of carboxylic acid groups (broad SMARTS) is 1. The van der Waals surface area contributed by atoms with Crippen molar-refractivity contribution in [1.29, 1.82) is 0 Å². The van der Waals surface area contributed by atoms with Gasteiger partial charge in [-0.05, 0) is 30.9 Å². The van der Waals surface area contributed by atoms with Crippen molar-refractivity contribution in [1.82, 2.24) is 4.98 Å². The highest BCUT2D eigenvalue weighted by Crippen LogP contribution is 2.31. The van der Waals surface area contributed by atoms with Crippen molar-refractivity contribution in [3.63, 3.8) is 0 Å². The zero-order chi connectivity index (χ0) is 23.2. The zero-order valence-electron chi connectivity index (χ0n) is 18.8. The van der Waals surface area contributed by atoms with Gasteiger partial charge in [0.1, 0.15) is 10.8 Å². The maximum Gasteiger partial charge on any atom is 0.333 e. The van der Waals surface area contributed by atoms with E-state index in [1.54, 1.807) is 18.3 Å². The molecule has 5 nitrogen and oxygen atoms in total. The Labute approximate surface area is 197 Å². The molecule has 0 spiro atoms. The Bertz CT molecular complexity index is 1240. The molecule has 0 saturated heterocycles. The molecule has 0 aliphatic carbocycles. The highest BCUT2D eigenvalue weighted by molar-refractivity contribution is 7.15. The van der Waals surface area contributed by atoms with E-state index < -0.39 is 12.1 Å². The van der Waals surface area contributed by atoms with Crippen molar-refractivity contribution in [2.75, 3.05) is 13.2 Å². The van der Waals surface area contributed by atoms with Crippen molar-refractivity contribution in [2.45, 2.75) is 32.8 Å². The SMILES string of the molecule is CCOC(Cc1ccc(OCCc2nc(-c3ccccc3)sc2C)c2ccccc12)C(=O)O. The number of benzene rings is 3. The van der Waals surface area contributed by atoms with Gasteiger partial charge in [0.2, 0.25) is 0 Å². The van der Waals surface area contributed by atoms with E-state index >= 15 is 0 Å². The highest BCUT2D eigenvalue weighted by Gasteiger charge is 2.20. The van der Waals surface area contributed by atoms with Gasteiger partial charge in [-0.15, -0.1) is 11.3 Å². The van der Waals surface area contributed by atoms with Crippen LogP contribution in [-0.4, -0.2) is 35.4 Å². The van der Waals surface area contributed by atoms with Crippen molar-refractivity contribution < 1.29 is 19.4 Å².